The van der Waals surface area contributed by atoms with Gasteiger partial charge in [0, 0.05) is 32.8 Å². The average Bonchev–Trinajstić information content (AvgIpc) is 2.37. The maximum Gasteiger partial charge on any atom is 0.0589 e. The Morgan fingerprint density at radius 2 is 1.89 bits per heavy atom. The number of benzene rings is 1. The quantitative estimate of drug-likeness (QED) is 0.765. The zero-order chi connectivity index (χ0) is 13.4. The molecule has 18 heavy (non-hydrogen) atoms. The fraction of sp³-hybridized carbons (Fsp3) is 0.600. The number of hydrogen-bond acceptors (Lipinski definition) is 3. The molecule has 0 radical (unpaired) electrons. The normalized spacial score (nSPS) is 12.9. The predicted molar refractivity (Wildman–Crippen MR) is 77.0 cm³/mol. The van der Waals surface area contributed by atoms with Crippen LogP contribution >= 0.6 is 0 Å². The van der Waals surface area contributed by atoms with E-state index in [0.717, 1.165) is 26.2 Å². The number of methoxy groups -OCH3 is 1. The predicted octanol–water partition coefficient (Wildman–Crippen LogP) is 2.22. The van der Waals surface area contributed by atoms with Gasteiger partial charge in [0.15, 0.2) is 0 Å². The third-order valence-corrected chi connectivity index (χ3v) is 3.20. The van der Waals surface area contributed by atoms with Crippen LogP contribution in [-0.2, 0) is 4.74 Å². The zero-order valence-corrected chi connectivity index (χ0v) is 12.1. The highest BCUT2D eigenvalue weighted by Gasteiger charge is 2.04. The van der Waals surface area contributed by atoms with E-state index in [1.54, 1.807) is 7.11 Å². The lowest BCUT2D eigenvalue weighted by atomic mass is 10.1. The first kappa shape index (κ1) is 15.2. The number of nitrogens with one attached hydrogen (secondary N) is 1. The zero-order valence-electron chi connectivity index (χ0n) is 12.1. The molecular weight excluding hydrogens is 224 g/mol. The van der Waals surface area contributed by atoms with Gasteiger partial charge in [0.2, 0.25) is 0 Å². The molecule has 3 nitrogen and oxygen atoms in total. The molecule has 0 fully saturated rings. The van der Waals surface area contributed by atoms with Crippen molar-refractivity contribution in [2.75, 3.05) is 40.4 Å². The molecule has 0 aliphatic carbocycles. The van der Waals surface area contributed by atoms with Crippen LogP contribution in [0.3, 0.4) is 0 Å². The number of hydrogen-bond donors (Lipinski definition) is 1. The van der Waals surface area contributed by atoms with Crippen molar-refractivity contribution < 1.29 is 4.74 Å². The largest absolute Gasteiger partial charge is 0.383 e. The van der Waals surface area contributed by atoms with Crippen LogP contribution in [0.25, 0.3) is 0 Å². The Hall–Kier alpha value is -0.900. The maximum atomic E-state index is 5.06. The van der Waals surface area contributed by atoms with E-state index in [-0.39, 0.29) is 0 Å². The second-order valence-electron chi connectivity index (χ2n) is 4.88. The summed E-state index contributed by atoms with van der Waals surface area (Å²) in [5.41, 5.74) is 2.66. The van der Waals surface area contributed by atoms with Crippen LogP contribution in [0, 0.1) is 6.92 Å². The lowest BCUT2D eigenvalue weighted by molar-refractivity contribution is 0.161. The van der Waals surface area contributed by atoms with E-state index >= 15 is 0 Å². The van der Waals surface area contributed by atoms with Crippen LogP contribution in [0.15, 0.2) is 24.3 Å². The van der Waals surface area contributed by atoms with Crippen molar-refractivity contribution in [3.05, 3.63) is 35.4 Å². The van der Waals surface area contributed by atoms with Gasteiger partial charge >= 0.3 is 0 Å². The summed E-state index contributed by atoms with van der Waals surface area (Å²) in [6.45, 7) is 8.14. The van der Waals surface area contributed by atoms with E-state index in [1.807, 2.05) is 0 Å². The van der Waals surface area contributed by atoms with Gasteiger partial charge in [0.05, 0.1) is 6.61 Å². The third-order valence-electron chi connectivity index (χ3n) is 3.20. The summed E-state index contributed by atoms with van der Waals surface area (Å²) in [5, 5.41) is 3.54. The first-order valence-corrected chi connectivity index (χ1v) is 6.61. The molecule has 0 aliphatic rings. The molecule has 0 aromatic heterocycles. The Morgan fingerprint density at radius 3 is 2.50 bits per heavy atom. The highest BCUT2D eigenvalue weighted by atomic mass is 16.5. The van der Waals surface area contributed by atoms with Crippen LogP contribution in [0.1, 0.15) is 24.1 Å². The third kappa shape index (κ3) is 5.63. The van der Waals surface area contributed by atoms with Gasteiger partial charge in [-0.15, -0.1) is 0 Å². The topological polar surface area (TPSA) is 24.5 Å². The van der Waals surface area contributed by atoms with E-state index in [4.69, 9.17) is 4.74 Å². The summed E-state index contributed by atoms with van der Waals surface area (Å²) >= 11 is 0. The first-order valence-electron chi connectivity index (χ1n) is 6.61. The molecule has 1 N–H and O–H groups in total. The van der Waals surface area contributed by atoms with Gasteiger partial charge in [-0.05, 0) is 26.5 Å². The molecule has 0 spiro atoms. The summed E-state index contributed by atoms with van der Waals surface area (Å²) in [6, 6.07) is 9.13. The van der Waals surface area contributed by atoms with Crippen LogP contribution in [0.2, 0.25) is 0 Å². The van der Waals surface area contributed by atoms with Crippen LogP contribution in [0.5, 0.6) is 0 Å². The van der Waals surface area contributed by atoms with Crippen molar-refractivity contribution in [2.45, 2.75) is 19.9 Å². The molecular formula is C15H26N2O. The van der Waals surface area contributed by atoms with Crippen molar-refractivity contribution in [1.29, 1.82) is 0 Å². The molecule has 0 heterocycles. The number of aryl methyl sites for hydroxylation is 1. The van der Waals surface area contributed by atoms with Crippen molar-refractivity contribution in [2.24, 2.45) is 0 Å². The molecule has 1 rings (SSSR count). The van der Waals surface area contributed by atoms with Gasteiger partial charge in [0.25, 0.3) is 0 Å². The molecule has 0 aliphatic heterocycles. The Morgan fingerprint density at radius 1 is 1.22 bits per heavy atom. The second-order valence-corrected chi connectivity index (χ2v) is 4.88. The molecule has 1 aromatic carbocycles. The van der Waals surface area contributed by atoms with Crippen molar-refractivity contribution in [3.63, 3.8) is 0 Å². The molecule has 0 saturated carbocycles. The molecule has 0 saturated heterocycles. The fourth-order valence-corrected chi connectivity index (χ4v) is 1.80. The van der Waals surface area contributed by atoms with Gasteiger partial charge in [0.1, 0.15) is 0 Å². The molecule has 1 aromatic rings. The minimum Gasteiger partial charge on any atom is -0.383 e. The van der Waals surface area contributed by atoms with Crippen LogP contribution < -0.4 is 5.32 Å². The van der Waals surface area contributed by atoms with E-state index in [0.29, 0.717) is 6.04 Å². The van der Waals surface area contributed by atoms with Crippen molar-refractivity contribution in [1.82, 2.24) is 10.2 Å². The minimum absolute atomic E-state index is 0.404. The van der Waals surface area contributed by atoms with Gasteiger partial charge in [-0.3, -0.25) is 0 Å². The van der Waals surface area contributed by atoms with Gasteiger partial charge in [-0.1, -0.05) is 29.8 Å². The Kier molecular flexibility index (Phi) is 6.94. The van der Waals surface area contributed by atoms with E-state index in [1.165, 1.54) is 11.1 Å². The molecule has 1 atom stereocenters. The number of rotatable bonds is 8. The summed E-state index contributed by atoms with van der Waals surface area (Å²) in [5.74, 6) is 0. The van der Waals surface area contributed by atoms with E-state index in [9.17, 15) is 0 Å². The Bertz CT molecular complexity index is 324. The first-order chi connectivity index (χ1) is 8.63. The van der Waals surface area contributed by atoms with Crippen LogP contribution in [-0.4, -0.2) is 45.3 Å². The summed E-state index contributed by atoms with van der Waals surface area (Å²) in [6.07, 6.45) is 0. The summed E-state index contributed by atoms with van der Waals surface area (Å²) in [4.78, 5) is 2.28. The second kappa shape index (κ2) is 8.25. The van der Waals surface area contributed by atoms with Gasteiger partial charge in [-0.2, -0.15) is 0 Å². The maximum absolute atomic E-state index is 5.06. The number of ether oxygens (including phenoxy) is 1. The lowest BCUT2D eigenvalue weighted by Gasteiger charge is -2.19. The number of nitrogens with zero attached hydrogens (tertiary/aromatic N) is 1. The molecule has 0 bridgehead atoms. The summed E-state index contributed by atoms with van der Waals surface area (Å²) < 4.78 is 5.06. The highest BCUT2D eigenvalue weighted by molar-refractivity contribution is 5.23. The molecule has 3 heteroatoms. The lowest BCUT2D eigenvalue weighted by Crippen LogP contribution is -2.32. The monoisotopic (exact) mass is 250 g/mol. The standard InChI is InChI=1S/C15H26N2O/c1-13-5-7-15(8-6-13)14(2)16-9-10-17(3)11-12-18-4/h5-8,14,16H,9-12H2,1-4H3. The van der Waals surface area contributed by atoms with E-state index < -0.39 is 0 Å². The van der Waals surface area contributed by atoms with Gasteiger partial charge < -0.3 is 15.0 Å². The Balaban J connectivity index is 2.24. The highest BCUT2D eigenvalue weighted by Crippen LogP contribution is 2.12. The van der Waals surface area contributed by atoms with Crippen molar-refractivity contribution in [3.8, 4) is 0 Å². The minimum atomic E-state index is 0.404. The SMILES string of the molecule is COCCN(C)CCNC(C)c1ccc(C)cc1. The molecule has 0 amide bonds. The fourth-order valence-electron chi connectivity index (χ4n) is 1.80. The van der Waals surface area contributed by atoms with Crippen molar-refractivity contribution >= 4 is 0 Å². The summed E-state index contributed by atoms with van der Waals surface area (Å²) in [7, 11) is 3.86. The van der Waals surface area contributed by atoms with E-state index in [2.05, 4.69) is 55.4 Å². The molecule has 102 valence electrons. The molecule has 1 unspecified atom stereocenters. The smallest absolute Gasteiger partial charge is 0.0589 e. The van der Waals surface area contributed by atoms with Gasteiger partial charge in [-0.25, -0.2) is 0 Å². The number of likely N-dealkylation sites (N-methyl/N-ethyl adjacent to an activating group) is 1. The van der Waals surface area contributed by atoms with Crippen LogP contribution in [0.4, 0.5) is 0 Å². The Labute approximate surface area is 111 Å². The average molecular weight is 250 g/mol.